The zero-order chi connectivity index (χ0) is 22.9. The molecule has 0 aliphatic carbocycles. The molecule has 0 fully saturated rings. The van der Waals surface area contributed by atoms with Crippen molar-refractivity contribution in [3.05, 3.63) is 90.0 Å². The second-order valence-corrected chi connectivity index (χ2v) is 6.97. The Morgan fingerprint density at radius 3 is 1.94 bits per heavy atom. The van der Waals surface area contributed by atoms with E-state index in [1.807, 2.05) is 78.4 Å². The minimum absolute atomic E-state index is 0.272. The third-order valence-corrected chi connectivity index (χ3v) is 4.90. The molecule has 3 aromatic rings. The van der Waals surface area contributed by atoms with Crippen molar-refractivity contribution in [2.24, 2.45) is 7.05 Å². The van der Waals surface area contributed by atoms with Crippen LogP contribution < -0.4 is 0 Å². The summed E-state index contributed by atoms with van der Waals surface area (Å²) in [4.78, 5) is 24.7. The molecule has 0 bridgehead atoms. The summed E-state index contributed by atoms with van der Waals surface area (Å²) in [6, 6.07) is 19.7. The molecular weight excluding hydrogens is 402 g/mol. The monoisotopic (exact) mass is 429 g/mol. The van der Waals surface area contributed by atoms with E-state index < -0.39 is 11.9 Å². The molecule has 0 N–H and O–H groups in total. The largest absolute Gasteiger partial charge is 0.463 e. The number of esters is 2. The summed E-state index contributed by atoms with van der Waals surface area (Å²) in [6.45, 7) is 4.14. The third-order valence-electron chi connectivity index (χ3n) is 4.90. The number of aromatic nitrogens is 1. The molecule has 0 amide bonds. The van der Waals surface area contributed by atoms with Crippen molar-refractivity contribution < 1.29 is 19.1 Å². The summed E-state index contributed by atoms with van der Waals surface area (Å²) in [6.07, 6.45) is 6.52. The van der Waals surface area contributed by atoms with E-state index in [0.29, 0.717) is 12.2 Å². The van der Waals surface area contributed by atoms with Gasteiger partial charge < -0.3 is 14.0 Å². The lowest BCUT2D eigenvalue weighted by molar-refractivity contribution is -0.137. The lowest BCUT2D eigenvalue weighted by Gasteiger charge is -2.09. The molecule has 2 aromatic carbocycles. The van der Waals surface area contributed by atoms with Crippen LogP contribution >= 0.6 is 0 Å². The van der Waals surface area contributed by atoms with Gasteiger partial charge in [0.2, 0.25) is 0 Å². The first-order chi connectivity index (χ1) is 15.6. The molecule has 0 atom stereocenters. The van der Waals surface area contributed by atoms with Gasteiger partial charge in [-0.2, -0.15) is 0 Å². The maximum Gasteiger partial charge on any atom is 0.340 e. The molecule has 1 aromatic heterocycles. The highest BCUT2D eigenvalue weighted by Gasteiger charge is 2.27. The standard InChI is InChI=1S/C27H27NO4/c1-4-31-23(29)19-13-12-18-22-24(27(30)32-5-2)26(21-16-10-7-11-17-21)28(3)25(22)20-14-8-6-9-15-20/h6-19H,4-5H2,1-3H3/b18-12+,19-13+. The van der Waals surface area contributed by atoms with Crippen molar-refractivity contribution in [1.82, 2.24) is 4.57 Å². The maximum atomic E-state index is 13.1. The molecule has 5 heteroatoms. The van der Waals surface area contributed by atoms with Crippen LogP contribution in [0.5, 0.6) is 0 Å². The van der Waals surface area contributed by atoms with Gasteiger partial charge in [0.1, 0.15) is 0 Å². The quantitative estimate of drug-likeness (QED) is 0.263. The second-order valence-electron chi connectivity index (χ2n) is 6.97. The minimum Gasteiger partial charge on any atom is -0.463 e. The van der Waals surface area contributed by atoms with Gasteiger partial charge in [0, 0.05) is 18.7 Å². The second kappa shape index (κ2) is 11.0. The van der Waals surface area contributed by atoms with Crippen molar-refractivity contribution in [2.75, 3.05) is 13.2 Å². The summed E-state index contributed by atoms with van der Waals surface area (Å²) < 4.78 is 12.4. The molecule has 0 saturated heterocycles. The molecular formula is C27H27NO4. The Morgan fingerprint density at radius 1 is 0.812 bits per heavy atom. The molecule has 0 aliphatic rings. The highest BCUT2D eigenvalue weighted by molar-refractivity contribution is 6.04. The molecule has 5 nitrogen and oxygen atoms in total. The van der Waals surface area contributed by atoms with Gasteiger partial charge in [0.15, 0.2) is 0 Å². The van der Waals surface area contributed by atoms with Gasteiger partial charge in [-0.1, -0.05) is 78.9 Å². The summed E-state index contributed by atoms with van der Waals surface area (Å²) in [5, 5.41) is 0. The SMILES string of the molecule is CCOC(=O)/C=C/C=C/c1c(C(=O)OCC)c(-c2ccccc2)n(C)c1-c1ccccc1. The van der Waals surface area contributed by atoms with Crippen LogP contribution in [0.1, 0.15) is 29.8 Å². The van der Waals surface area contributed by atoms with Crippen molar-refractivity contribution in [2.45, 2.75) is 13.8 Å². The van der Waals surface area contributed by atoms with Crippen LogP contribution in [0.25, 0.3) is 28.6 Å². The Hall–Kier alpha value is -3.86. The minimum atomic E-state index is -0.413. The fourth-order valence-electron chi connectivity index (χ4n) is 3.63. The molecule has 0 radical (unpaired) electrons. The van der Waals surface area contributed by atoms with Crippen molar-refractivity contribution >= 4 is 18.0 Å². The van der Waals surface area contributed by atoms with Gasteiger partial charge in [-0.15, -0.1) is 0 Å². The van der Waals surface area contributed by atoms with Crippen LogP contribution in [0, 0.1) is 0 Å². The van der Waals surface area contributed by atoms with Gasteiger partial charge >= 0.3 is 11.9 Å². The lowest BCUT2D eigenvalue weighted by Crippen LogP contribution is -2.07. The van der Waals surface area contributed by atoms with Gasteiger partial charge in [0.05, 0.1) is 30.2 Å². The number of rotatable bonds is 8. The number of nitrogens with zero attached hydrogens (tertiary/aromatic N) is 1. The average molecular weight is 430 g/mol. The first-order valence-electron chi connectivity index (χ1n) is 10.6. The van der Waals surface area contributed by atoms with E-state index in [1.165, 1.54) is 6.08 Å². The van der Waals surface area contributed by atoms with Gasteiger partial charge in [-0.25, -0.2) is 9.59 Å². The Labute approximate surface area is 188 Å². The van der Waals surface area contributed by atoms with Gasteiger partial charge in [0.25, 0.3) is 0 Å². The molecule has 0 aliphatic heterocycles. The predicted octanol–water partition coefficient (Wildman–Crippen LogP) is 5.67. The number of carbonyl (C=O) groups is 2. The summed E-state index contributed by atoms with van der Waals surface area (Å²) in [7, 11) is 1.94. The highest BCUT2D eigenvalue weighted by Crippen LogP contribution is 2.38. The van der Waals surface area contributed by atoms with Gasteiger partial charge in [-0.3, -0.25) is 0 Å². The first-order valence-corrected chi connectivity index (χ1v) is 10.6. The predicted molar refractivity (Wildman–Crippen MR) is 127 cm³/mol. The third kappa shape index (κ3) is 5.06. The van der Waals surface area contributed by atoms with E-state index in [4.69, 9.17) is 9.47 Å². The number of benzene rings is 2. The summed E-state index contributed by atoms with van der Waals surface area (Å²) in [5.74, 6) is -0.803. The van der Waals surface area contributed by atoms with Crippen molar-refractivity contribution in [1.29, 1.82) is 0 Å². The van der Waals surface area contributed by atoms with Crippen molar-refractivity contribution in [3.63, 3.8) is 0 Å². The maximum absolute atomic E-state index is 13.1. The van der Waals surface area contributed by atoms with Crippen LogP contribution in [0.4, 0.5) is 0 Å². The summed E-state index contributed by atoms with van der Waals surface area (Å²) in [5.41, 5.74) is 4.75. The number of hydrogen-bond acceptors (Lipinski definition) is 4. The zero-order valence-electron chi connectivity index (χ0n) is 18.6. The number of carbonyl (C=O) groups excluding carboxylic acids is 2. The average Bonchev–Trinajstić information content (AvgIpc) is 3.10. The van der Waals surface area contributed by atoms with Crippen LogP contribution in [0.15, 0.2) is 78.9 Å². The van der Waals surface area contributed by atoms with E-state index in [0.717, 1.165) is 28.1 Å². The number of allylic oxidation sites excluding steroid dienone is 2. The fourth-order valence-corrected chi connectivity index (χ4v) is 3.63. The topological polar surface area (TPSA) is 57.5 Å². The molecule has 1 heterocycles. The Balaban J connectivity index is 2.24. The normalized spacial score (nSPS) is 11.2. The molecule has 0 spiro atoms. The van der Waals surface area contributed by atoms with Crippen LogP contribution in [0.2, 0.25) is 0 Å². The number of ether oxygens (including phenoxy) is 2. The zero-order valence-corrected chi connectivity index (χ0v) is 18.6. The Morgan fingerprint density at radius 2 is 1.38 bits per heavy atom. The lowest BCUT2D eigenvalue weighted by atomic mass is 10.0. The summed E-state index contributed by atoms with van der Waals surface area (Å²) >= 11 is 0. The first kappa shape index (κ1) is 22.8. The molecule has 32 heavy (non-hydrogen) atoms. The van der Waals surface area contributed by atoms with Crippen LogP contribution in [-0.2, 0) is 21.3 Å². The van der Waals surface area contributed by atoms with Crippen LogP contribution in [-0.4, -0.2) is 29.7 Å². The molecule has 3 rings (SSSR count). The van der Waals surface area contributed by atoms with E-state index in [2.05, 4.69) is 0 Å². The highest BCUT2D eigenvalue weighted by atomic mass is 16.5. The smallest absolute Gasteiger partial charge is 0.340 e. The number of hydrogen-bond donors (Lipinski definition) is 0. The van der Waals surface area contributed by atoms with E-state index in [1.54, 1.807) is 26.0 Å². The fraction of sp³-hybridized carbons (Fsp3) is 0.185. The van der Waals surface area contributed by atoms with Gasteiger partial charge in [-0.05, 0) is 25.0 Å². The van der Waals surface area contributed by atoms with Crippen LogP contribution in [0.3, 0.4) is 0 Å². The van der Waals surface area contributed by atoms with E-state index in [9.17, 15) is 9.59 Å². The van der Waals surface area contributed by atoms with E-state index in [-0.39, 0.29) is 6.61 Å². The Bertz CT molecular complexity index is 1130. The van der Waals surface area contributed by atoms with Crippen molar-refractivity contribution in [3.8, 4) is 22.5 Å². The Kier molecular flexibility index (Phi) is 7.81. The van der Waals surface area contributed by atoms with E-state index >= 15 is 0 Å². The molecule has 164 valence electrons. The molecule has 0 unspecified atom stereocenters. The molecule has 0 saturated carbocycles.